The van der Waals surface area contributed by atoms with Gasteiger partial charge < -0.3 is 9.52 Å². The molecule has 2 atom stereocenters. The first-order valence-electron chi connectivity index (χ1n) is 6.30. The topological polar surface area (TPSA) is 53.7 Å². The van der Waals surface area contributed by atoms with Crippen LogP contribution in [-0.4, -0.2) is 40.1 Å². The highest BCUT2D eigenvalue weighted by Gasteiger charge is 2.26. The second-order valence-electron chi connectivity index (χ2n) is 4.58. The van der Waals surface area contributed by atoms with Crippen molar-refractivity contribution in [2.45, 2.75) is 31.6 Å². The Morgan fingerprint density at radius 3 is 3.06 bits per heavy atom. The van der Waals surface area contributed by atoms with E-state index in [1.807, 2.05) is 11.8 Å². The van der Waals surface area contributed by atoms with Gasteiger partial charge in [0, 0.05) is 24.1 Å². The van der Waals surface area contributed by atoms with Crippen LogP contribution < -0.4 is 0 Å². The Labute approximate surface area is 111 Å². The summed E-state index contributed by atoms with van der Waals surface area (Å²) in [6.45, 7) is 6.37. The van der Waals surface area contributed by atoms with Crippen LogP contribution in [0.15, 0.2) is 16.5 Å². The lowest BCUT2D eigenvalue weighted by Gasteiger charge is -2.35. The van der Waals surface area contributed by atoms with E-state index in [0.29, 0.717) is 5.25 Å². The van der Waals surface area contributed by atoms with E-state index in [1.165, 1.54) is 12.5 Å². The summed E-state index contributed by atoms with van der Waals surface area (Å²) >= 11 is 2.02. The molecule has 0 spiro atoms. The molecule has 1 N–H and O–H groups in total. The summed E-state index contributed by atoms with van der Waals surface area (Å²) in [6.07, 6.45) is 1.17. The van der Waals surface area contributed by atoms with Gasteiger partial charge in [0.25, 0.3) is 0 Å². The fourth-order valence-electron chi connectivity index (χ4n) is 2.21. The van der Waals surface area contributed by atoms with Crippen molar-refractivity contribution < 1.29 is 14.3 Å². The molecule has 1 saturated heterocycles. The van der Waals surface area contributed by atoms with Crippen molar-refractivity contribution >= 4 is 17.7 Å². The second kappa shape index (κ2) is 5.80. The van der Waals surface area contributed by atoms with E-state index in [4.69, 9.17) is 9.52 Å². The molecular weight excluding hydrogens is 250 g/mol. The van der Waals surface area contributed by atoms with Crippen molar-refractivity contribution in [2.24, 2.45) is 0 Å². The van der Waals surface area contributed by atoms with E-state index < -0.39 is 5.97 Å². The van der Waals surface area contributed by atoms with Gasteiger partial charge in [-0.15, -0.1) is 0 Å². The lowest BCUT2D eigenvalue weighted by molar-refractivity contribution is 0.0656. The maximum Gasteiger partial charge on any atom is 0.371 e. The second-order valence-corrected chi connectivity index (χ2v) is 5.99. The monoisotopic (exact) mass is 269 g/mol. The Morgan fingerprint density at radius 1 is 1.67 bits per heavy atom. The zero-order valence-corrected chi connectivity index (χ0v) is 11.6. The van der Waals surface area contributed by atoms with Gasteiger partial charge in [0.2, 0.25) is 5.76 Å². The number of rotatable bonds is 4. The highest BCUT2D eigenvalue weighted by atomic mass is 32.2. The molecule has 0 radical (unpaired) electrons. The number of carboxylic acid groups (broad SMARTS) is 1. The predicted molar refractivity (Wildman–Crippen MR) is 72.2 cm³/mol. The van der Waals surface area contributed by atoms with Crippen molar-refractivity contribution in [3.05, 3.63) is 23.7 Å². The number of carbonyl (C=O) groups is 1. The van der Waals surface area contributed by atoms with Crippen LogP contribution in [0.25, 0.3) is 0 Å². The molecule has 5 heteroatoms. The molecule has 4 nitrogen and oxygen atoms in total. The first-order chi connectivity index (χ1) is 8.61. The van der Waals surface area contributed by atoms with E-state index in [-0.39, 0.29) is 11.8 Å². The summed E-state index contributed by atoms with van der Waals surface area (Å²) in [7, 11) is 0. The molecule has 2 unspecified atom stereocenters. The lowest BCUT2D eigenvalue weighted by atomic mass is 10.2. The summed E-state index contributed by atoms with van der Waals surface area (Å²) in [5.41, 5.74) is 0. The van der Waals surface area contributed by atoms with Crippen molar-refractivity contribution in [3.63, 3.8) is 0 Å². The van der Waals surface area contributed by atoms with E-state index in [0.717, 1.165) is 24.6 Å². The SMILES string of the molecule is CCC1CN(C(C)c2ccc(C(=O)O)o2)CCS1. The highest BCUT2D eigenvalue weighted by Crippen LogP contribution is 2.29. The van der Waals surface area contributed by atoms with Gasteiger partial charge in [-0.2, -0.15) is 11.8 Å². The minimum atomic E-state index is -1.01. The van der Waals surface area contributed by atoms with Crippen LogP contribution in [0.1, 0.15) is 42.6 Å². The summed E-state index contributed by atoms with van der Waals surface area (Å²) in [5, 5.41) is 9.54. The third kappa shape index (κ3) is 2.90. The van der Waals surface area contributed by atoms with Crippen molar-refractivity contribution in [2.75, 3.05) is 18.8 Å². The van der Waals surface area contributed by atoms with Gasteiger partial charge in [-0.1, -0.05) is 6.92 Å². The minimum Gasteiger partial charge on any atom is -0.475 e. The molecular formula is C13H19NO3S. The van der Waals surface area contributed by atoms with Crippen molar-refractivity contribution in [1.82, 2.24) is 4.90 Å². The normalized spacial score (nSPS) is 22.9. The van der Waals surface area contributed by atoms with Gasteiger partial charge in [0.05, 0.1) is 6.04 Å². The van der Waals surface area contributed by atoms with Crippen molar-refractivity contribution in [3.8, 4) is 0 Å². The molecule has 100 valence electrons. The number of hydrogen-bond acceptors (Lipinski definition) is 4. The average molecular weight is 269 g/mol. The van der Waals surface area contributed by atoms with Crippen LogP contribution in [0.2, 0.25) is 0 Å². The van der Waals surface area contributed by atoms with Gasteiger partial charge in [0.1, 0.15) is 5.76 Å². The predicted octanol–water partition coefficient (Wildman–Crippen LogP) is 2.87. The molecule has 1 aromatic heterocycles. The molecule has 18 heavy (non-hydrogen) atoms. The van der Waals surface area contributed by atoms with E-state index >= 15 is 0 Å². The Morgan fingerprint density at radius 2 is 2.44 bits per heavy atom. The Bertz CT molecular complexity index is 418. The summed E-state index contributed by atoms with van der Waals surface area (Å²) in [5.74, 6) is 0.897. The van der Waals surface area contributed by atoms with Gasteiger partial charge in [0.15, 0.2) is 0 Å². The summed E-state index contributed by atoms with van der Waals surface area (Å²) in [6, 6.07) is 3.45. The Hall–Kier alpha value is -0.940. The molecule has 1 aliphatic rings. The minimum absolute atomic E-state index is 0.0234. The molecule has 2 rings (SSSR count). The number of furan rings is 1. The smallest absolute Gasteiger partial charge is 0.371 e. The third-order valence-corrected chi connectivity index (χ3v) is 4.79. The fourth-order valence-corrected chi connectivity index (χ4v) is 3.42. The summed E-state index contributed by atoms with van der Waals surface area (Å²) < 4.78 is 5.38. The van der Waals surface area contributed by atoms with Crippen LogP contribution in [0.4, 0.5) is 0 Å². The zero-order valence-electron chi connectivity index (χ0n) is 10.8. The van der Waals surface area contributed by atoms with E-state index in [9.17, 15) is 4.79 Å². The molecule has 0 aromatic carbocycles. The highest BCUT2D eigenvalue weighted by molar-refractivity contribution is 8.00. The van der Waals surface area contributed by atoms with Gasteiger partial charge in [-0.3, -0.25) is 4.90 Å². The molecule has 0 amide bonds. The molecule has 1 aliphatic heterocycles. The maximum absolute atomic E-state index is 10.8. The van der Waals surface area contributed by atoms with Crippen molar-refractivity contribution in [1.29, 1.82) is 0 Å². The van der Waals surface area contributed by atoms with Gasteiger partial charge >= 0.3 is 5.97 Å². The lowest BCUT2D eigenvalue weighted by Crippen LogP contribution is -2.39. The fraction of sp³-hybridized carbons (Fsp3) is 0.615. The van der Waals surface area contributed by atoms with Gasteiger partial charge in [-0.25, -0.2) is 4.79 Å². The van der Waals surface area contributed by atoms with Crippen LogP contribution in [0.5, 0.6) is 0 Å². The van der Waals surface area contributed by atoms with Crippen LogP contribution in [0, 0.1) is 0 Å². The molecule has 1 aromatic rings. The summed E-state index contributed by atoms with van der Waals surface area (Å²) in [4.78, 5) is 13.2. The van der Waals surface area contributed by atoms with Crippen LogP contribution in [0.3, 0.4) is 0 Å². The standard InChI is InChI=1S/C13H19NO3S/c1-3-10-8-14(6-7-18-10)9(2)11-4-5-12(17-11)13(15)16/h4-5,9-10H,3,6-8H2,1-2H3,(H,15,16). The molecule has 1 fully saturated rings. The first-order valence-corrected chi connectivity index (χ1v) is 7.35. The zero-order chi connectivity index (χ0) is 13.1. The molecule has 0 saturated carbocycles. The maximum atomic E-state index is 10.8. The molecule has 0 aliphatic carbocycles. The van der Waals surface area contributed by atoms with E-state index in [1.54, 1.807) is 6.07 Å². The van der Waals surface area contributed by atoms with Crippen LogP contribution >= 0.6 is 11.8 Å². The van der Waals surface area contributed by atoms with E-state index in [2.05, 4.69) is 18.7 Å². The third-order valence-electron chi connectivity index (χ3n) is 3.42. The van der Waals surface area contributed by atoms with Gasteiger partial charge in [-0.05, 0) is 25.5 Å². The largest absolute Gasteiger partial charge is 0.475 e. The number of carboxylic acids is 1. The molecule has 2 heterocycles. The Kier molecular flexibility index (Phi) is 4.35. The number of thioether (sulfide) groups is 1. The number of hydrogen-bond donors (Lipinski definition) is 1. The quantitative estimate of drug-likeness (QED) is 0.911. The number of nitrogens with zero attached hydrogens (tertiary/aromatic N) is 1. The first kappa shape index (κ1) is 13.5. The average Bonchev–Trinajstić information content (AvgIpc) is 2.87. The van der Waals surface area contributed by atoms with Crippen LogP contribution in [-0.2, 0) is 0 Å². The number of aromatic carboxylic acids is 1. The molecule has 0 bridgehead atoms. The Balaban J connectivity index is 2.05.